The summed E-state index contributed by atoms with van der Waals surface area (Å²) in [6.45, 7) is 0.585. The molecular weight excluding hydrogens is 232 g/mol. The molecule has 2 rings (SSSR count). The minimum Gasteiger partial charge on any atom is -0.379 e. The summed E-state index contributed by atoms with van der Waals surface area (Å²) in [5.74, 6) is 0. The summed E-state index contributed by atoms with van der Waals surface area (Å²) < 4.78 is 0. The number of aromatic nitrogens is 2. The normalized spacial score (nSPS) is 10.0. The Kier molecular flexibility index (Phi) is 3.80. The van der Waals surface area contributed by atoms with Gasteiger partial charge in [0.05, 0.1) is 4.92 Å². The minimum absolute atomic E-state index is 0.0153. The molecule has 0 atom stereocenters. The molecule has 6 heteroatoms. The van der Waals surface area contributed by atoms with Gasteiger partial charge in [-0.1, -0.05) is 6.07 Å². The topological polar surface area (TPSA) is 81.0 Å². The summed E-state index contributed by atoms with van der Waals surface area (Å²) in [4.78, 5) is 18.2. The van der Waals surface area contributed by atoms with Gasteiger partial charge in [0.15, 0.2) is 0 Å². The Balaban J connectivity index is 1.97. The molecule has 0 aromatic carbocycles. The second-order valence-corrected chi connectivity index (χ2v) is 3.65. The summed E-state index contributed by atoms with van der Waals surface area (Å²) in [6.07, 6.45) is 5.20. The average molecular weight is 244 g/mol. The second kappa shape index (κ2) is 5.72. The van der Waals surface area contributed by atoms with Gasteiger partial charge in [-0.05, 0) is 18.2 Å². The van der Waals surface area contributed by atoms with E-state index in [9.17, 15) is 10.1 Å². The maximum absolute atomic E-state index is 10.8. The SMILES string of the molecule is O=[N+]([O-])c1cnccc1NCCc1ccccn1. The molecule has 0 aliphatic rings. The summed E-state index contributed by atoms with van der Waals surface area (Å²) in [6, 6.07) is 7.28. The summed E-state index contributed by atoms with van der Waals surface area (Å²) >= 11 is 0. The van der Waals surface area contributed by atoms with Crippen molar-refractivity contribution in [3.8, 4) is 0 Å². The molecule has 92 valence electrons. The third kappa shape index (κ3) is 3.00. The van der Waals surface area contributed by atoms with Crippen LogP contribution >= 0.6 is 0 Å². The van der Waals surface area contributed by atoms with Crippen LogP contribution in [0.15, 0.2) is 42.9 Å². The van der Waals surface area contributed by atoms with Gasteiger partial charge in [-0.25, -0.2) is 0 Å². The Morgan fingerprint density at radius 3 is 2.89 bits per heavy atom. The molecule has 0 aliphatic heterocycles. The summed E-state index contributed by atoms with van der Waals surface area (Å²) in [7, 11) is 0. The van der Waals surface area contributed by atoms with Crippen molar-refractivity contribution < 1.29 is 4.92 Å². The minimum atomic E-state index is -0.448. The Morgan fingerprint density at radius 1 is 1.28 bits per heavy atom. The van der Waals surface area contributed by atoms with Crippen molar-refractivity contribution >= 4 is 11.4 Å². The van der Waals surface area contributed by atoms with Gasteiger partial charge in [-0.2, -0.15) is 0 Å². The smallest absolute Gasteiger partial charge is 0.310 e. The number of nitro groups is 1. The van der Waals surface area contributed by atoms with Crippen molar-refractivity contribution in [3.63, 3.8) is 0 Å². The highest BCUT2D eigenvalue weighted by atomic mass is 16.6. The van der Waals surface area contributed by atoms with Gasteiger partial charge in [-0.3, -0.25) is 20.1 Å². The van der Waals surface area contributed by atoms with Crippen molar-refractivity contribution in [3.05, 3.63) is 58.7 Å². The number of pyridine rings is 2. The van der Waals surface area contributed by atoms with Crippen LogP contribution in [0.4, 0.5) is 11.4 Å². The summed E-state index contributed by atoms with van der Waals surface area (Å²) in [5.41, 5.74) is 1.41. The Hall–Kier alpha value is -2.50. The third-order valence-corrected chi connectivity index (χ3v) is 2.42. The third-order valence-electron chi connectivity index (χ3n) is 2.42. The molecule has 0 radical (unpaired) electrons. The van der Waals surface area contributed by atoms with E-state index in [1.54, 1.807) is 12.3 Å². The highest BCUT2D eigenvalue weighted by Crippen LogP contribution is 2.21. The molecule has 18 heavy (non-hydrogen) atoms. The molecule has 2 aromatic rings. The van der Waals surface area contributed by atoms with Crippen LogP contribution in [0, 0.1) is 10.1 Å². The lowest BCUT2D eigenvalue weighted by Crippen LogP contribution is -2.07. The van der Waals surface area contributed by atoms with Crippen LogP contribution in [0.3, 0.4) is 0 Å². The quantitative estimate of drug-likeness (QED) is 0.643. The molecule has 0 aliphatic carbocycles. The molecule has 0 fully saturated rings. The fourth-order valence-electron chi connectivity index (χ4n) is 1.55. The molecule has 0 unspecified atom stereocenters. The van der Waals surface area contributed by atoms with Gasteiger partial charge in [0.1, 0.15) is 11.9 Å². The summed E-state index contributed by atoms with van der Waals surface area (Å²) in [5, 5.41) is 13.8. The van der Waals surface area contributed by atoms with E-state index in [-0.39, 0.29) is 5.69 Å². The predicted octanol–water partition coefficient (Wildman–Crippen LogP) is 2.04. The number of nitrogens with zero attached hydrogens (tertiary/aromatic N) is 3. The Bertz CT molecular complexity index is 531. The molecule has 0 saturated carbocycles. The predicted molar refractivity (Wildman–Crippen MR) is 67.3 cm³/mol. The molecule has 2 aromatic heterocycles. The average Bonchev–Trinajstić information content (AvgIpc) is 2.40. The monoisotopic (exact) mass is 244 g/mol. The molecule has 1 N–H and O–H groups in total. The zero-order valence-electron chi connectivity index (χ0n) is 9.61. The van der Waals surface area contributed by atoms with Crippen molar-refractivity contribution in [2.24, 2.45) is 0 Å². The molecule has 6 nitrogen and oxygen atoms in total. The van der Waals surface area contributed by atoms with E-state index in [2.05, 4.69) is 15.3 Å². The number of hydrogen-bond acceptors (Lipinski definition) is 5. The van der Waals surface area contributed by atoms with Gasteiger partial charge < -0.3 is 5.32 Å². The van der Waals surface area contributed by atoms with Crippen LogP contribution < -0.4 is 5.32 Å². The highest BCUT2D eigenvalue weighted by Gasteiger charge is 2.12. The fraction of sp³-hybridized carbons (Fsp3) is 0.167. The van der Waals surface area contributed by atoms with E-state index in [0.717, 1.165) is 5.69 Å². The van der Waals surface area contributed by atoms with E-state index in [1.807, 2.05) is 18.2 Å². The Morgan fingerprint density at radius 2 is 2.17 bits per heavy atom. The van der Waals surface area contributed by atoms with E-state index in [4.69, 9.17) is 0 Å². The molecule has 0 spiro atoms. The lowest BCUT2D eigenvalue weighted by atomic mass is 10.2. The lowest BCUT2D eigenvalue weighted by Gasteiger charge is -2.05. The van der Waals surface area contributed by atoms with Crippen molar-refractivity contribution in [2.45, 2.75) is 6.42 Å². The first-order chi connectivity index (χ1) is 8.77. The van der Waals surface area contributed by atoms with Crippen LogP contribution in [-0.2, 0) is 6.42 Å². The highest BCUT2D eigenvalue weighted by molar-refractivity contribution is 5.59. The number of nitrogens with one attached hydrogen (secondary N) is 1. The maximum Gasteiger partial charge on any atom is 0.310 e. The number of anilines is 1. The van der Waals surface area contributed by atoms with E-state index < -0.39 is 4.92 Å². The molecule has 0 saturated heterocycles. The van der Waals surface area contributed by atoms with Gasteiger partial charge in [-0.15, -0.1) is 0 Å². The van der Waals surface area contributed by atoms with Gasteiger partial charge in [0.2, 0.25) is 0 Å². The Labute approximate surface area is 104 Å². The van der Waals surface area contributed by atoms with Gasteiger partial charge >= 0.3 is 5.69 Å². The van der Waals surface area contributed by atoms with Crippen LogP contribution in [0.2, 0.25) is 0 Å². The van der Waals surface area contributed by atoms with Gasteiger partial charge in [0, 0.05) is 31.1 Å². The van der Waals surface area contributed by atoms with Crippen molar-refractivity contribution in [1.82, 2.24) is 9.97 Å². The first-order valence-electron chi connectivity index (χ1n) is 5.49. The van der Waals surface area contributed by atoms with Crippen LogP contribution in [-0.4, -0.2) is 21.4 Å². The molecule has 2 heterocycles. The van der Waals surface area contributed by atoms with Crippen LogP contribution in [0.25, 0.3) is 0 Å². The number of rotatable bonds is 5. The van der Waals surface area contributed by atoms with Crippen LogP contribution in [0.1, 0.15) is 5.69 Å². The number of hydrogen-bond donors (Lipinski definition) is 1. The van der Waals surface area contributed by atoms with Crippen LogP contribution in [0.5, 0.6) is 0 Å². The molecule has 0 bridgehead atoms. The largest absolute Gasteiger partial charge is 0.379 e. The van der Waals surface area contributed by atoms with E-state index >= 15 is 0 Å². The van der Waals surface area contributed by atoms with E-state index in [0.29, 0.717) is 18.7 Å². The molecule has 0 amide bonds. The lowest BCUT2D eigenvalue weighted by molar-refractivity contribution is -0.384. The zero-order valence-corrected chi connectivity index (χ0v) is 9.61. The standard InChI is InChI=1S/C12H12N4O2/c17-16(18)12-9-13-7-5-11(12)15-8-4-10-3-1-2-6-14-10/h1-3,5-7,9H,4,8H2,(H,13,15). The maximum atomic E-state index is 10.8. The van der Waals surface area contributed by atoms with E-state index in [1.165, 1.54) is 12.4 Å². The second-order valence-electron chi connectivity index (χ2n) is 3.65. The fourth-order valence-corrected chi connectivity index (χ4v) is 1.55. The first-order valence-corrected chi connectivity index (χ1v) is 5.49. The molecular formula is C12H12N4O2. The van der Waals surface area contributed by atoms with Gasteiger partial charge in [0.25, 0.3) is 0 Å². The zero-order chi connectivity index (χ0) is 12.8. The van der Waals surface area contributed by atoms with Crippen molar-refractivity contribution in [1.29, 1.82) is 0 Å². The first kappa shape index (κ1) is 12.0. The van der Waals surface area contributed by atoms with Crippen molar-refractivity contribution in [2.75, 3.05) is 11.9 Å².